The van der Waals surface area contributed by atoms with Crippen molar-refractivity contribution in [3.05, 3.63) is 26.7 Å². The molecule has 1 atom stereocenters. The third-order valence-corrected chi connectivity index (χ3v) is 4.24. The summed E-state index contributed by atoms with van der Waals surface area (Å²) in [6.45, 7) is 1.83. The van der Waals surface area contributed by atoms with Gasteiger partial charge in [-0.1, -0.05) is 36.5 Å². The third-order valence-electron chi connectivity index (χ3n) is 2.46. The van der Waals surface area contributed by atoms with E-state index in [0.29, 0.717) is 23.0 Å². The van der Waals surface area contributed by atoms with Gasteiger partial charge in [0.05, 0.1) is 15.7 Å². The van der Waals surface area contributed by atoms with Gasteiger partial charge in [0.1, 0.15) is 6.04 Å². The Hall–Kier alpha value is -0.980. The first-order valence-corrected chi connectivity index (χ1v) is 7.35. The van der Waals surface area contributed by atoms with Gasteiger partial charge in [-0.25, -0.2) is 9.59 Å². The molecule has 0 aliphatic rings. The van der Waals surface area contributed by atoms with E-state index >= 15 is 0 Å². The van der Waals surface area contributed by atoms with Crippen molar-refractivity contribution in [3.8, 4) is 0 Å². The minimum Gasteiger partial charge on any atom is -0.480 e. The Bertz CT molecular complexity index is 526. The molecule has 0 unspecified atom stereocenters. The summed E-state index contributed by atoms with van der Waals surface area (Å²) in [4.78, 5) is 22.7. The van der Waals surface area contributed by atoms with Crippen molar-refractivity contribution in [3.63, 3.8) is 0 Å². The average Bonchev–Trinajstić information content (AvgIpc) is 2.39. The second-order valence-corrected chi connectivity index (χ2v) is 5.61. The van der Waals surface area contributed by atoms with Gasteiger partial charge in [0, 0.05) is 4.47 Å². The first-order valence-electron chi connectivity index (χ1n) is 5.80. The number of nitrogens with one attached hydrogen (secondary N) is 2. The molecular weight excluding hydrogens is 371 g/mol. The summed E-state index contributed by atoms with van der Waals surface area (Å²) in [7, 11) is 0. The number of carboxylic acids is 1. The molecule has 0 saturated carbocycles. The molecule has 110 valence electrons. The standard InChI is InChI=1S/C12H13BrCl2N2O3/c1-2-3-8(11(18)19)17-12(20)16-7-5-4-6(13)9(14)10(7)15/h4-5,8H,2-3H2,1H3,(H,18,19)(H2,16,17,20)/t8-/m1/s1. The molecule has 0 spiro atoms. The van der Waals surface area contributed by atoms with Crippen LogP contribution in [0, 0.1) is 0 Å². The first kappa shape index (κ1) is 17.1. The van der Waals surface area contributed by atoms with Crippen molar-refractivity contribution in [2.75, 3.05) is 5.32 Å². The summed E-state index contributed by atoms with van der Waals surface area (Å²) >= 11 is 15.1. The number of hydrogen-bond acceptors (Lipinski definition) is 2. The topological polar surface area (TPSA) is 78.4 Å². The maximum atomic E-state index is 11.8. The monoisotopic (exact) mass is 382 g/mol. The lowest BCUT2D eigenvalue weighted by atomic mass is 10.2. The number of carbonyl (C=O) groups is 2. The van der Waals surface area contributed by atoms with Crippen LogP contribution in [0.25, 0.3) is 0 Å². The van der Waals surface area contributed by atoms with Crippen LogP contribution < -0.4 is 10.6 Å². The van der Waals surface area contributed by atoms with Crippen molar-refractivity contribution in [2.24, 2.45) is 0 Å². The number of carbonyl (C=O) groups excluding carboxylic acids is 1. The minimum atomic E-state index is -1.08. The average molecular weight is 384 g/mol. The zero-order valence-corrected chi connectivity index (χ0v) is 13.6. The number of aliphatic carboxylic acids is 1. The number of hydrogen-bond donors (Lipinski definition) is 3. The quantitative estimate of drug-likeness (QED) is 0.669. The maximum absolute atomic E-state index is 11.8. The number of carboxylic acid groups (broad SMARTS) is 1. The van der Waals surface area contributed by atoms with Gasteiger partial charge in [-0.05, 0) is 34.5 Å². The Morgan fingerprint density at radius 2 is 2.00 bits per heavy atom. The molecule has 0 saturated heterocycles. The summed E-state index contributed by atoms with van der Waals surface area (Å²) in [5.74, 6) is -1.08. The number of halogens is 3. The Balaban J connectivity index is 2.76. The van der Waals surface area contributed by atoms with E-state index in [4.69, 9.17) is 28.3 Å². The number of rotatable bonds is 5. The van der Waals surface area contributed by atoms with Crippen molar-refractivity contribution in [1.29, 1.82) is 0 Å². The molecule has 3 N–H and O–H groups in total. The number of anilines is 1. The third kappa shape index (κ3) is 4.54. The van der Waals surface area contributed by atoms with Crippen molar-refractivity contribution in [1.82, 2.24) is 5.32 Å². The van der Waals surface area contributed by atoms with Crippen molar-refractivity contribution >= 4 is 56.8 Å². The lowest BCUT2D eigenvalue weighted by molar-refractivity contribution is -0.139. The molecule has 1 rings (SSSR count). The van der Waals surface area contributed by atoms with E-state index in [-0.39, 0.29) is 10.0 Å². The van der Waals surface area contributed by atoms with E-state index in [1.54, 1.807) is 12.1 Å². The highest BCUT2D eigenvalue weighted by Crippen LogP contribution is 2.35. The van der Waals surface area contributed by atoms with Gasteiger partial charge in [0.2, 0.25) is 0 Å². The minimum absolute atomic E-state index is 0.179. The summed E-state index contributed by atoms with van der Waals surface area (Å²) in [5, 5.41) is 14.2. The summed E-state index contributed by atoms with van der Waals surface area (Å²) < 4.78 is 0.601. The molecule has 0 radical (unpaired) electrons. The zero-order valence-electron chi connectivity index (χ0n) is 10.5. The van der Waals surface area contributed by atoms with Crippen LogP contribution in [0.1, 0.15) is 19.8 Å². The van der Waals surface area contributed by atoms with Gasteiger partial charge in [-0.3, -0.25) is 0 Å². The molecule has 1 aromatic carbocycles. The second kappa shape index (κ2) is 7.71. The Labute approximate surface area is 134 Å². The molecule has 0 aliphatic carbocycles. The summed E-state index contributed by atoms with van der Waals surface area (Å²) in [6.07, 6.45) is 0.986. The van der Waals surface area contributed by atoms with Gasteiger partial charge in [0.15, 0.2) is 0 Å². The zero-order chi connectivity index (χ0) is 15.3. The lowest BCUT2D eigenvalue weighted by Gasteiger charge is -2.15. The fourth-order valence-electron chi connectivity index (χ4n) is 1.49. The molecule has 2 amide bonds. The molecule has 5 nitrogen and oxygen atoms in total. The van der Waals surface area contributed by atoms with E-state index in [2.05, 4.69) is 26.6 Å². The predicted octanol–water partition coefficient (Wildman–Crippen LogP) is 4.13. The van der Waals surface area contributed by atoms with Crippen molar-refractivity contribution in [2.45, 2.75) is 25.8 Å². The van der Waals surface area contributed by atoms with Gasteiger partial charge < -0.3 is 15.7 Å². The van der Waals surface area contributed by atoms with Crippen LogP contribution in [0.3, 0.4) is 0 Å². The Kier molecular flexibility index (Phi) is 6.58. The first-order chi connectivity index (χ1) is 9.36. The highest BCUT2D eigenvalue weighted by Gasteiger charge is 2.19. The van der Waals surface area contributed by atoms with E-state index in [1.807, 2.05) is 6.92 Å². The van der Waals surface area contributed by atoms with Gasteiger partial charge in [-0.15, -0.1) is 0 Å². The normalized spacial score (nSPS) is 11.8. The molecule has 1 aromatic rings. The van der Waals surface area contributed by atoms with Crippen LogP contribution in [0.2, 0.25) is 10.0 Å². The van der Waals surface area contributed by atoms with Gasteiger partial charge in [-0.2, -0.15) is 0 Å². The SMILES string of the molecule is CCC[C@@H](NC(=O)Nc1ccc(Br)c(Cl)c1Cl)C(=O)O. The maximum Gasteiger partial charge on any atom is 0.326 e. The fourth-order valence-corrected chi connectivity index (χ4v) is 2.31. The van der Waals surface area contributed by atoms with Crippen LogP contribution in [-0.4, -0.2) is 23.1 Å². The highest BCUT2D eigenvalue weighted by atomic mass is 79.9. The predicted molar refractivity (Wildman–Crippen MR) is 82.6 cm³/mol. The number of urea groups is 1. The summed E-state index contributed by atoms with van der Waals surface area (Å²) in [5.41, 5.74) is 0.304. The largest absolute Gasteiger partial charge is 0.480 e. The van der Waals surface area contributed by atoms with Gasteiger partial charge in [0.25, 0.3) is 0 Å². The molecule has 0 fully saturated rings. The number of amides is 2. The van der Waals surface area contributed by atoms with E-state index in [9.17, 15) is 9.59 Å². The van der Waals surface area contributed by atoms with Crippen molar-refractivity contribution < 1.29 is 14.7 Å². The smallest absolute Gasteiger partial charge is 0.326 e. The molecule has 20 heavy (non-hydrogen) atoms. The van der Waals surface area contributed by atoms with Crippen LogP contribution in [0.4, 0.5) is 10.5 Å². The second-order valence-electron chi connectivity index (χ2n) is 4.00. The number of benzene rings is 1. The highest BCUT2D eigenvalue weighted by molar-refractivity contribution is 9.10. The van der Waals surface area contributed by atoms with Crippen LogP contribution in [-0.2, 0) is 4.79 Å². The Morgan fingerprint density at radius 3 is 2.55 bits per heavy atom. The molecule has 0 aliphatic heterocycles. The lowest BCUT2D eigenvalue weighted by Crippen LogP contribution is -2.42. The summed E-state index contributed by atoms with van der Waals surface area (Å²) in [6, 6.07) is 1.61. The van der Waals surface area contributed by atoms with Crippen LogP contribution >= 0.6 is 39.1 Å². The van der Waals surface area contributed by atoms with E-state index in [1.165, 1.54) is 0 Å². The fraction of sp³-hybridized carbons (Fsp3) is 0.333. The molecule has 0 heterocycles. The van der Waals surface area contributed by atoms with E-state index < -0.39 is 18.0 Å². The Morgan fingerprint density at radius 1 is 1.35 bits per heavy atom. The molecule has 0 aromatic heterocycles. The molecule has 8 heteroatoms. The van der Waals surface area contributed by atoms with E-state index in [0.717, 1.165) is 0 Å². The molecule has 0 bridgehead atoms. The van der Waals surface area contributed by atoms with Crippen LogP contribution in [0.5, 0.6) is 0 Å². The molecular formula is C12H13BrCl2N2O3. The van der Waals surface area contributed by atoms with Crippen LogP contribution in [0.15, 0.2) is 16.6 Å². The van der Waals surface area contributed by atoms with Gasteiger partial charge >= 0.3 is 12.0 Å².